The van der Waals surface area contributed by atoms with Crippen LogP contribution in [0, 0.1) is 11.3 Å². The van der Waals surface area contributed by atoms with Crippen LogP contribution in [0.25, 0.3) is 22.7 Å². The number of nitrogens with one attached hydrogen (secondary N) is 1. The van der Waals surface area contributed by atoms with Gasteiger partial charge in [-0.2, -0.15) is 16.6 Å². The number of para-hydroxylation sites is 2. The second kappa shape index (κ2) is 4.47. The highest BCUT2D eigenvalue weighted by atomic mass is 32.1. The molecule has 1 aromatic carbocycles. The highest BCUT2D eigenvalue weighted by Crippen LogP contribution is 2.19. The van der Waals surface area contributed by atoms with Crippen molar-refractivity contribution in [3.05, 3.63) is 52.5 Å². The summed E-state index contributed by atoms with van der Waals surface area (Å²) in [5, 5.41) is 13.2. The molecule has 3 aromatic rings. The number of nitriles is 1. The molecule has 0 aliphatic heterocycles. The molecule has 18 heavy (non-hydrogen) atoms. The molecule has 0 bridgehead atoms. The molecule has 0 fully saturated rings. The second-order valence-electron chi connectivity index (χ2n) is 3.83. The lowest BCUT2D eigenvalue weighted by Crippen LogP contribution is -1.83. The molecule has 1 N–H and O–H groups in total. The predicted molar refractivity (Wildman–Crippen MR) is 73.9 cm³/mol. The van der Waals surface area contributed by atoms with Crippen LogP contribution < -0.4 is 0 Å². The van der Waals surface area contributed by atoms with Crippen molar-refractivity contribution in [2.75, 3.05) is 0 Å². The molecule has 3 rings (SSSR count). The Bertz CT molecular complexity index is 712. The van der Waals surface area contributed by atoms with Gasteiger partial charge in [0.2, 0.25) is 0 Å². The lowest BCUT2D eigenvalue weighted by atomic mass is 10.2. The molecular formula is C14H9N3S. The van der Waals surface area contributed by atoms with Gasteiger partial charge in [0.25, 0.3) is 0 Å². The van der Waals surface area contributed by atoms with E-state index in [-0.39, 0.29) is 0 Å². The van der Waals surface area contributed by atoms with E-state index in [2.05, 4.69) is 16.0 Å². The third-order valence-corrected chi connectivity index (χ3v) is 3.32. The molecule has 0 radical (unpaired) electrons. The minimum Gasteiger partial charge on any atom is -0.337 e. The maximum Gasteiger partial charge on any atom is 0.149 e. The number of thiophene rings is 1. The number of hydrogen-bond donors (Lipinski definition) is 1. The van der Waals surface area contributed by atoms with E-state index >= 15 is 0 Å². The van der Waals surface area contributed by atoms with E-state index in [0.717, 1.165) is 16.6 Å². The average Bonchev–Trinajstić information content (AvgIpc) is 3.04. The van der Waals surface area contributed by atoms with E-state index in [1.165, 1.54) is 0 Å². The van der Waals surface area contributed by atoms with Gasteiger partial charge in [0, 0.05) is 0 Å². The SMILES string of the molecule is N#C/C(=C\c1ccsc1)c1nc2ccccc2[nH]1. The fourth-order valence-electron chi connectivity index (χ4n) is 1.76. The highest BCUT2D eigenvalue weighted by Gasteiger charge is 2.07. The van der Waals surface area contributed by atoms with E-state index in [1.54, 1.807) is 11.3 Å². The Labute approximate surface area is 108 Å². The quantitative estimate of drug-likeness (QED) is 0.706. The fourth-order valence-corrected chi connectivity index (χ4v) is 2.38. The van der Waals surface area contributed by atoms with Gasteiger partial charge in [-0.3, -0.25) is 0 Å². The Balaban J connectivity index is 2.09. The molecule has 0 amide bonds. The van der Waals surface area contributed by atoms with Crippen LogP contribution in [0.5, 0.6) is 0 Å². The molecule has 0 atom stereocenters. The standard InChI is InChI=1S/C14H9N3S/c15-8-11(7-10-5-6-18-9-10)14-16-12-3-1-2-4-13(12)17-14/h1-7,9H,(H,16,17)/b11-7+. The fraction of sp³-hybridized carbons (Fsp3) is 0. The lowest BCUT2D eigenvalue weighted by molar-refractivity contribution is 1.27. The van der Waals surface area contributed by atoms with Crippen molar-refractivity contribution in [2.45, 2.75) is 0 Å². The van der Waals surface area contributed by atoms with Gasteiger partial charge in [0.1, 0.15) is 11.9 Å². The molecular weight excluding hydrogens is 242 g/mol. The monoisotopic (exact) mass is 251 g/mol. The van der Waals surface area contributed by atoms with Crippen molar-refractivity contribution < 1.29 is 0 Å². The summed E-state index contributed by atoms with van der Waals surface area (Å²) in [5.74, 6) is 0.616. The van der Waals surface area contributed by atoms with Crippen molar-refractivity contribution in [3.63, 3.8) is 0 Å². The van der Waals surface area contributed by atoms with Gasteiger partial charge in [-0.1, -0.05) is 12.1 Å². The number of nitrogens with zero attached hydrogens (tertiary/aromatic N) is 2. The number of allylic oxidation sites excluding steroid dienone is 1. The Kier molecular flexibility index (Phi) is 2.67. The summed E-state index contributed by atoms with van der Waals surface area (Å²) in [6.07, 6.45) is 1.84. The van der Waals surface area contributed by atoms with Crippen molar-refractivity contribution in [2.24, 2.45) is 0 Å². The van der Waals surface area contributed by atoms with Crippen molar-refractivity contribution in [1.29, 1.82) is 5.26 Å². The Morgan fingerprint density at radius 3 is 2.94 bits per heavy atom. The summed E-state index contributed by atoms with van der Waals surface area (Å²) < 4.78 is 0. The molecule has 2 heterocycles. The maximum atomic E-state index is 9.23. The van der Waals surface area contributed by atoms with Crippen molar-refractivity contribution in [3.8, 4) is 6.07 Å². The first-order valence-electron chi connectivity index (χ1n) is 5.46. The number of imidazole rings is 1. The molecule has 0 unspecified atom stereocenters. The summed E-state index contributed by atoms with van der Waals surface area (Å²) in [6, 6.07) is 11.9. The third kappa shape index (κ3) is 1.92. The molecule has 0 spiro atoms. The van der Waals surface area contributed by atoms with E-state index in [1.807, 2.05) is 47.2 Å². The Morgan fingerprint density at radius 1 is 1.33 bits per heavy atom. The van der Waals surface area contributed by atoms with Gasteiger partial charge < -0.3 is 4.98 Å². The van der Waals surface area contributed by atoms with Crippen molar-refractivity contribution >= 4 is 34.0 Å². The first-order valence-corrected chi connectivity index (χ1v) is 6.40. The number of fused-ring (bicyclic) bond motifs is 1. The molecule has 3 nitrogen and oxygen atoms in total. The third-order valence-electron chi connectivity index (χ3n) is 2.62. The number of aromatic nitrogens is 2. The minimum atomic E-state index is 0.546. The topological polar surface area (TPSA) is 52.5 Å². The van der Waals surface area contributed by atoms with Crippen LogP contribution in [0.3, 0.4) is 0 Å². The van der Waals surface area contributed by atoms with E-state index in [4.69, 9.17) is 0 Å². The van der Waals surface area contributed by atoms with Gasteiger partial charge in [0.15, 0.2) is 0 Å². The zero-order valence-electron chi connectivity index (χ0n) is 9.42. The maximum absolute atomic E-state index is 9.23. The van der Waals surface area contributed by atoms with Gasteiger partial charge >= 0.3 is 0 Å². The van der Waals surface area contributed by atoms with Gasteiger partial charge in [0.05, 0.1) is 16.6 Å². The molecule has 4 heteroatoms. The predicted octanol–water partition coefficient (Wildman–Crippen LogP) is 3.69. The number of aromatic amines is 1. The summed E-state index contributed by atoms with van der Waals surface area (Å²) >= 11 is 1.61. The Morgan fingerprint density at radius 2 is 2.22 bits per heavy atom. The van der Waals surface area contributed by atoms with E-state index < -0.39 is 0 Å². The second-order valence-corrected chi connectivity index (χ2v) is 4.61. The zero-order valence-corrected chi connectivity index (χ0v) is 10.2. The van der Waals surface area contributed by atoms with Crippen molar-refractivity contribution in [1.82, 2.24) is 9.97 Å². The van der Waals surface area contributed by atoms with Crippen LogP contribution in [-0.2, 0) is 0 Å². The molecule has 0 saturated carbocycles. The first kappa shape index (κ1) is 10.8. The zero-order chi connectivity index (χ0) is 12.4. The lowest BCUT2D eigenvalue weighted by Gasteiger charge is -1.91. The number of hydrogen-bond acceptors (Lipinski definition) is 3. The number of benzene rings is 1. The van der Waals surface area contributed by atoms with Crippen LogP contribution in [0.4, 0.5) is 0 Å². The minimum absolute atomic E-state index is 0.546. The first-order chi connectivity index (χ1) is 8.86. The molecule has 2 aromatic heterocycles. The Hall–Kier alpha value is -2.38. The molecule has 86 valence electrons. The summed E-state index contributed by atoms with van der Waals surface area (Å²) in [7, 11) is 0. The molecule has 0 aliphatic carbocycles. The number of H-pyrrole nitrogens is 1. The summed E-state index contributed by atoms with van der Waals surface area (Å²) in [4.78, 5) is 7.58. The smallest absolute Gasteiger partial charge is 0.149 e. The summed E-state index contributed by atoms with van der Waals surface area (Å²) in [5.41, 5.74) is 3.39. The van der Waals surface area contributed by atoms with Crippen LogP contribution in [0.2, 0.25) is 0 Å². The van der Waals surface area contributed by atoms with E-state index in [9.17, 15) is 5.26 Å². The summed E-state index contributed by atoms with van der Waals surface area (Å²) in [6.45, 7) is 0. The number of rotatable bonds is 2. The van der Waals surface area contributed by atoms with Gasteiger partial charge in [-0.05, 0) is 40.6 Å². The van der Waals surface area contributed by atoms with Gasteiger partial charge in [-0.15, -0.1) is 0 Å². The average molecular weight is 251 g/mol. The van der Waals surface area contributed by atoms with E-state index in [0.29, 0.717) is 11.4 Å². The van der Waals surface area contributed by atoms with Crippen LogP contribution in [-0.4, -0.2) is 9.97 Å². The molecule has 0 saturated heterocycles. The largest absolute Gasteiger partial charge is 0.337 e. The normalized spacial score (nSPS) is 11.6. The highest BCUT2D eigenvalue weighted by molar-refractivity contribution is 7.08. The molecule has 0 aliphatic rings. The van der Waals surface area contributed by atoms with Crippen LogP contribution in [0.15, 0.2) is 41.1 Å². The van der Waals surface area contributed by atoms with Gasteiger partial charge in [-0.25, -0.2) is 4.98 Å². The van der Waals surface area contributed by atoms with Crippen LogP contribution >= 0.6 is 11.3 Å². The van der Waals surface area contributed by atoms with Crippen LogP contribution in [0.1, 0.15) is 11.4 Å².